The third kappa shape index (κ3) is 3.51. The van der Waals surface area contributed by atoms with Gasteiger partial charge in [0.15, 0.2) is 5.76 Å². The van der Waals surface area contributed by atoms with Crippen molar-refractivity contribution in [3.05, 3.63) is 51.9 Å². The van der Waals surface area contributed by atoms with Crippen LogP contribution in [0.5, 0.6) is 0 Å². The Bertz CT molecular complexity index is 813. The van der Waals surface area contributed by atoms with E-state index in [0.717, 1.165) is 5.56 Å². The molecule has 1 atom stereocenters. The SMILES string of the molecule is Cc1noc(C(C)C)c1C(=O)N1CC(c2cccc(Cl)c2)OCC1(C)C. The van der Waals surface area contributed by atoms with Crippen LogP contribution in [0.3, 0.4) is 0 Å². The van der Waals surface area contributed by atoms with Crippen LogP contribution in [0.15, 0.2) is 28.8 Å². The highest BCUT2D eigenvalue weighted by Crippen LogP contribution is 2.34. The average Bonchev–Trinajstić information content (AvgIpc) is 2.96. The van der Waals surface area contributed by atoms with Crippen LogP contribution in [-0.4, -0.2) is 34.7 Å². The highest BCUT2D eigenvalue weighted by Gasteiger charge is 2.41. The van der Waals surface area contributed by atoms with Gasteiger partial charge in [-0.15, -0.1) is 0 Å². The molecule has 1 saturated heterocycles. The standard InChI is InChI=1S/C20H25ClN2O3/c1-12(2)18-17(13(3)22-26-18)19(24)23-10-16(25-11-20(23,4)5)14-7-6-8-15(21)9-14/h6-9,12,16H,10-11H2,1-5H3. The van der Waals surface area contributed by atoms with E-state index in [-0.39, 0.29) is 17.9 Å². The van der Waals surface area contributed by atoms with Crippen LogP contribution < -0.4 is 0 Å². The molecule has 140 valence electrons. The molecule has 0 radical (unpaired) electrons. The van der Waals surface area contributed by atoms with Crippen LogP contribution in [-0.2, 0) is 4.74 Å². The average molecular weight is 377 g/mol. The van der Waals surface area contributed by atoms with Crippen molar-refractivity contribution < 1.29 is 14.1 Å². The summed E-state index contributed by atoms with van der Waals surface area (Å²) >= 11 is 6.12. The van der Waals surface area contributed by atoms with Gasteiger partial charge < -0.3 is 14.2 Å². The van der Waals surface area contributed by atoms with Crippen LogP contribution >= 0.6 is 11.6 Å². The number of nitrogens with zero attached hydrogens (tertiary/aromatic N) is 2. The van der Waals surface area contributed by atoms with E-state index in [2.05, 4.69) is 5.16 Å². The Balaban J connectivity index is 1.94. The molecule has 0 saturated carbocycles. The zero-order chi connectivity index (χ0) is 19.1. The second kappa shape index (κ2) is 7.05. The lowest BCUT2D eigenvalue weighted by atomic mass is 9.95. The second-order valence-electron chi connectivity index (χ2n) is 7.74. The van der Waals surface area contributed by atoms with Crippen molar-refractivity contribution in [1.29, 1.82) is 0 Å². The van der Waals surface area contributed by atoms with Crippen LogP contribution in [0.4, 0.5) is 0 Å². The van der Waals surface area contributed by atoms with E-state index in [1.165, 1.54) is 0 Å². The molecule has 0 N–H and O–H groups in total. The summed E-state index contributed by atoms with van der Waals surface area (Å²) in [4.78, 5) is 15.3. The number of benzene rings is 1. The van der Waals surface area contributed by atoms with Gasteiger partial charge in [0.2, 0.25) is 0 Å². The summed E-state index contributed by atoms with van der Waals surface area (Å²) in [7, 11) is 0. The van der Waals surface area contributed by atoms with Crippen LogP contribution in [0.25, 0.3) is 0 Å². The Morgan fingerprint density at radius 3 is 2.77 bits per heavy atom. The number of ether oxygens (including phenoxy) is 1. The highest BCUT2D eigenvalue weighted by atomic mass is 35.5. The molecule has 5 nitrogen and oxygen atoms in total. The van der Waals surface area contributed by atoms with Gasteiger partial charge in [0.1, 0.15) is 11.7 Å². The Morgan fingerprint density at radius 1 is 1.38 bits per heavy atom. The summed E-state index contributed by atoms with van der Waals surface area (Å²) in [6.07, 6.45) is -0.214. The number of carbonyl (C=O) groups is 1. The summed E-state index contributed by atoms with van der Waals surface area (Å²) < 4.78 is 11.5. The maximum atomic E-state index is 13.4. The zero-order valence-electron chi connectivity index (χ0n) is 15.9. The smallest absolute Gasteiger partial charge is 0.260 e. The van der Waals surface area contributed by atoms with E-state index in [0.29, 0.717) is 35.2 Å². The molecule has 0 bridgehead atoms. The number of hydrogen-bond donors (Lipinski definition) is 0. The minimum atomic E-state index is -0.426. The van der Waals surface area contributed by atoms with E-state index < -0.39 is 5.54 Å². The van der Waals surface area contributed by atoms with E-state index in [4.69, 9.17) is 20.9 Å². The van der Waals surface area contributed by atoms with Crippen molar-refractivity contribution in [2.24, 2.45) is 0 Å². The van der Waals surface area contributed by atoms with Crippen molar-refractivity contribution in [3.8, 4) is 0 Å². The monoisotopic (exact) mass is 376 g/mol. The number of aryl methyl sites for hydroxylation is 1. The molecule has 26 heavy (non-hydrogen) atoms. The fourth-order valence-electron chi connectivity index (χ4n) is 3.29. The molecular weight excluding hydrogens is 352 g/mol. The third-order valence-electron chi connectivity index (χ3n) is 4.81. The first kappa shape index (κ1) is 18.9. The van der Waals surface area contributed by atoms with E-state index >= 15 is 0 Å². The molecular formula is C20H25ClN2O3. The Morgan fingerprint density at radius 2 is 2.12 bits per heavy atom. The molecule has 0 aliphatic carbocycles. The molecule has 3 rings (SSSR count). The minimum absolute atomic E-state index is 0.0622. The van der Waals surface area contributed by atoms with Crippen molar-refractivity contribution >= 4 is 17.5 Å². The number of aromatic nitrogens is 1. The Labute approximate surface area is 159 Å². The predicted octanol–water partition coefficient (Wildman–Crippen LogP) is 4.75. The lowest BCUT2D eigenvalue weighted by Gasteiger charge is -2.45. The highest BCUT2D eigenvalue weighted by molar-refractivity contribution is 6.30. The van der Waals surface area contributed by atoms with E-state index in [1.807, 2.05) is 63.8 Å². The Kier molecular flexibility index (Phi) is 5.13. The predicted molar refractivity (Wildman–Crippen MR) is 101 cm³/mol. The maximum absolute atomic E-state index is 13.4. The van der Waals surface area contributed by atoms with Gasteiger partial charge in [-0.25, -0.2) is 0 Å². The molecule has 1 aromatic heterocycles. The number of amides is 1. The fourth-order valence-corrected chi connectivity index (χ4v) is 3.49. The van der Waals surface area contributed by atoms with E-state index in [1.54, 1.807) is 0 Å². The molecule has 1 aliphatic heterocycles. The van der Waals surface area contributed by atoms with Gasteiger partial charge in [0.05, 0.1) is 24.4 Å². The van der Waals surface area contributed by atoms with Gasteiger partial charge in [-0.3, -0.25) is 4.79 Å². The van der Waals surface area contributed by atoms with Crippen LogP contribution in [0.2, 0.25) is 5.02 Å². The third-order valence-corrected chi connectivity index (χ3v) is 5.04. The number of rotatable bonds is 3. The van der Waals surface area contributed by atoms with Gasteiger partial charge in [0, 0.05) is 10.9 Å². The number of morpholine rings is 1. The molecule has 1 aliphatic rings. The molecule has 2 heterocycles. The van der Waals surface area contributed by atoms with Crippen molar-refractivity contribution in [2.45, 2.75) is 52.2 Å². The van der Waals surface area contributed by atoms with Crippen molar-refractivity contribution in [1.82, 2.24) is 10.1 Å². The van der Waals surface area contributed by atoms with Crippen LogP contribution in [0.1, 0.15) is 67.1 Å². The van der Waals surface area contributed by atoms with Gasteiger partial charge in [-0.1, -0.05) is 42.7 Å². The molecule has 6 heteroatoms. The number of carbonyl (C=O) groups excluding carboxylic acids is 1. The molecule has 2 aromatic rings. The first-order valence-electron chi connectivity index (χ1n) is 8.86. The summed E-state index contributed by atoms with van der Waals surface area (Å²) in [6, 6.07) is 7.59. The number of hydrogen-bond acceptors (Lipinski definition) is 4. The topological polar surface area (TPSA) is 55.6 Å². The van der Waals surface area contributed by atoms with Crippen molar-refractivity contribution in [3.63, 3.8) is 0 Å². The summed E-state index contributed by atoms with van der Waals surface area (Å²) in [5.74, 6) is 0.657. The van der Waals surface area contributed by atoms with Gasteiger partial charge >= 0.3 is 0 Å². The van der Waals surface area contributed by atoms with Gasteiger partial charge in [-0.05, 0) is 38.5 Å². The number of halogens is 1. The summed E-state index contributed by atoms with van der Waals surface area (Å²) in [6.45, 7) is 10.7. The maximum Gasteiger partial charge on any atom is 0.260 e. The van der Waals surface area contributed by atoms with Crippen molar-refractivity contribution in [2.75, 3.05) is 13.2 Å². The van der Waals surface area contributed by atoms with Gasteiger partial charge in [0.25, 0.3) is 5.91 Å². The van der Waals surface area contributed by atoms with Crippen LogP contribution in [0, 0.1) is 6.92 Å². The molecule has 1 fully saturated rings. The summed E-state index contributed by atoms with van der Waals surface area (Å²) in [5, 5.41) is 4.68. The quantitative estimate of drug-likeness (QED) is 0.775. The first-order chi connectivity index (χ1) is 12.2. The fraction of sp³-hybridized carbons (Fsp3) is 0.500. The Hall–Kier alpha value is -1.85. The lowest BCUT2D eigenvalue weighted by Crippen LogP contribution is -2.56. The first-order valence-corrected chi connectivity index (χ1v) is 9.23. The molecule has 1 aromatic carbocycles. The largest absolute Gasteiger partial charge is 0.369 e. The second-order valence-corrected chi connectivity index (χ2v) is 8.18. The zero-order valence-corrected chi connectivity index (χ0v) is 16.6. The lowest BCUT2D eigenvalue weighted by molar-refractivity contribution is -0.0847. The molecule has 1 amide bonds. The van der Waals surface area contributed by atoms with Gasteiger partial charge in [-0.2, -0.15) is 0 Å². The summed E-state index contributed by atoms with van der Waals surface area (Å²) in [5.41, 5.74) is 1.74. The molecule has 1 unspecified atom stereocenters. The van der Waals surface area contributed by atoms with E-state index in [9.17, 15) is 4.79 Å². The molecule has 0 spiro atoms. The minimum Gasteiger partial charge on any atom is -0.369 e. The normalized spacial score (nSPS) is 19.8.